The Morgan fingerprint density at radius 1 is 0.882 bits per heavy atom. The van der Waals surface area contributed by atoms with E-state index in [-0.39, 0.29) is 11.8 Å². The number of sulfonamides is 1. The minimum Gasteiger partial charge on any atom is -0.497 e. The molecule has 0 aromatic heterocycles. The Morgan fingerprint density at radius 2 is 1.59 bits per heavy atom. The van der Waals surface area contributed by atoms with Crippen LogP contribution >= 0.6 is 0 Å². The van der Waals surface area contributed by atoms with E-state index in [1.165, 1.54) is 4.31 Å². The van der Waals surface area contributed by atoms with Gasteiger partial charge in [-0.15, -0.1) is 0 Å². The first-order valence-corrected chi connectivity index (χ1v) is 13.5. The number of ether oxygens (including phenoxy) is 1. The number of hydrogen-bond donors (Lipinski definition) is 0. The third-order valence-corrected chi connectivity index (χ3v) is 9.06. The maximum atomic E-state index is 13.3. The maximum Gasteiger partial charge on any atom is 0.243 e. The molecule has 7 nitrogen and oxygen atoms in total. The smallest absolute Gasteiger partial charge is 0.243 e. The Hall–Kier alpha value is -2.58. The fourth-order valence-electron chi connectivity index (χ4n) is 4.81. The molecule has 2 heterocycles. The van der Waals surface area contributed by atoms with E-state index in [2.05, 4.69) is 17.0 Å². The molecule has 2 aliphatic heterocycles. The first-order valence-electron chi connectivity index (χ1n) is 12.0. The van der Waals surface area contributed by atoms with Crippen LogP contribution < -0.4 is 9.64 Å². The monoisotopic (exact) mass is 485 g/mol. The molecule has 4 rings (SSSR count). The van der Waals surface area contributed by atoms with E-state index in [0.717, 1.165) is 48.6 Å². The Morgan fingerprint density at radius 3 is 2.24 bits per heavy atom. The number of piperidine rings is 1. The molecule has 34 heavy (non-hydrogen) atoms. The largest absolute Gasteiger partial charge is 0.497 e. The van der Waals surface area contributed by atoms with Crippen molar-refractivity contribution >= 4 is 21.6 Å². The molecule has 2 fully saturated rings. The third-order valence-electron chi connectivity index (χ3n) is 7.16. The zero-order chi connectivity index (χ0) is 24.3. The van der Waals surface area contributed by atoms with Crippen LogP contribution in [0.2, 0.25) is 0 Å². The summed E-state index contributed by atoms with van der Waals surface area (Å²) in [5.74, 6) is 0.889. The first kappa shape index (κ1) is 24.5. The second-order valence-electron chi connectivity index (χ2n) is 9.29. The van der Waals surface area contributed by atoms with E-state index in [1.54, 1.807) is 19.2 Å². The molecule has 0 unspecified atom stereocenters. The predicted molar refractivity (Wildman–Crippen MR) is 134 cm³/mol. The van der Waals surface area contributed by atoms with E-state index in [4.69, 9.17) is 4.74 Å². The number of methoxy groups -OCH3 is 1. The lowest BCUT2D eigenvalue weighted by Gasteiger charge is -2.33. The van der Waals surface area contributed by atoms with Crippen LogP contribution in [0.15, 0.2) is 47.4 Å². The summed E-state index contributed by atoms with van der Waals surface area (Å²) in [4.78, 5) is 17.9. The number of rotatable bonds is 5. The van der Waals surface area contributed by atoms with Gasteiger partial charge in [0.2, 0.25) is 15.9 Å². The van der Waals surface area contributed by atoms with Gasteiger partial charge >= 0.3 is 0 Å². The van der Waals surface area contributed by atoms with Crippen molar-refractivity contribution in [3.8, 4) is 5.75 Å². The molecule has 1 amide bonds. The Labute approximate surface area is 203 Å². The summed E-state index contributed by atoms with van der Waals surface area (Å²) in [6, 6.07) is 13.3. The van der Waals surface area contributed by atoms with Crippen LogP contribution in [0.3, 0.4) is 0 Å². The molecule has 0 atom stereocenters. The second-order valence-corrected chi connectivity index (χ2v) is 11.2. The summed E-state index contributed by atoms with van der Waals surface area (Å²) >= 11 is 0. The van der Waals surface area contributed by atoms with E-state index >= 15 is 0 Å². The van der Waals surface area contributed by atoms with E-state index in [1.807, 2.05) is 36.9 Å². The second kappa shape index (κ2) is 10.4. The molecule has 2 saturated heterocycles. The first-order chi connectivity index (χ1) is 16.3. The lowest BCUT2D eigenvalue weighted by Crippen LogP contribution is -2.45. The average Bonchev–Trinajstić information content (AvgIpc) is 3.12. The number of aryl methyl sites for hydroxylation is 2. The molecule has 8 heteroatoms. The highest BCUT2D eigenvalue weighted by atomic mass is 32.2. The highest BCUT2D eigenvalue weighted by molar-refractivity contribution is 7.89. The molecule has 0 N–H and O–H groups in total. The lowest BCUT2D eigenvalue weighted by molar-refractivity contribution is -0.136. The van der Waals surface area contributed by atoms with Crippen molar-refractivity contribution in [2.45, 2.75) is 38.0 Å². The van der Waals surface area contributed by atoms with E-state index in [0.29, 0.717) is 37.4 Å². The van der Waals surface area contributed by atoms with Crippen LogP contribution in [0.5, 0.6) is 5.75 Å². The summed E-state index contributed by atoms with van der Waals surface area (Å²) in [5.41, 5.74) is 3.18. The van der Waals surface area contributed by atoms with E-state index < -0.39 is 10.0 Å². The van der Waals surface area contributed by atoms with Gasteiger partial charge in [0.05, 0.1) is 12.0 Å². The van der Waals surface area contributed by atoms with Gasteiger partial charge in [-0.3, -0.25) is 4.79 Å². The number of carbonyl (C=O) groups excluding carboxylic acids is 1. The van der Waals surface area contributed by atoms with Crippen LogP contribution in [0, 0.1) is 19.8 Å². The Bertz CT molecular complexity index is 1110. The number of hydrogen-bond acceptors (Lipinski definition) is 5. The molecule has 0 saturated carbocycles. The van der Waals surface area contributed by atoms with Crippen molar-refractivity contribution in [3.05, 3.63) is 53.6 Å². The van der Waals surface area contributed by atoms with Gasteiger partial charge in [-0.1, -0.05) is 6.07 Å². The van der Waals surface area contributed by atoms with Gasteiger partial charge < -0.3 is 14.5 Å². The van der Waals surface area contributed by atoms with Gasteiger partial charge in [0.15, 0.2) is 0 Å². The number of carbonyl (C=O) groups is 1. The van der Waals surface area contributed by atoms with Crippen LogP contribution in [-0.4, -0.2) is 69.9 Å². The summed E-state index contributed by atoms with van der Waals surface area (Å²) in [5, 5.41) is 0. The Kier molecular flexibility index (Phi) is 7.48. The zero-order valence-electron chi connectivity index (χ0n) is 20.4. The standard InChI is InChI=1S/C26H35N3O4S/c1-20-5-10-25(19-21(20)2)34(31,32)29-15-11-22(12-16-29)26(30)28-14-4-13-27(17-18-28)23-6-8-24(33-3)9-7-23/h5-10,19,22H,4,11-18H2,1-3H3. The molecule has 0 aliphatic carbocycles. The predicted octanol–water partition coefficient (Wildman–Crippen LogP) is 3.45. The third kappa shape index (κ3) is 5.23. The van der Waals surface area contributed by atoms with E-state index in [9.17, 15) is 13.2 Å². The van der Waals surface area contributed by atoms with Crippen molar-refractivity contribution in [2.75, 3.05) is 51.3 Å². The summed E-state index contributed by atoms with van der Waals surface area (Å²) in [6.45, 7) is 7.80. The normalized spacial score (nSPS) is 18.6. The fourth-order valence-corrected chi connectivity index (χ4v) is 6.37. The van der Waals surface area contributed by atoms with Gasteiger partial charge in [-0.05, 0) is 80.6 Å². The number of anilines is 1. The SMILES string of the molecule is COc1ccc(N2CCCN(C(=O)C3CCN(S(=O)(=O)c4ccc(C)c(C)c4)CC3)CC2)cc1. The fraction of sp³-hybridized carbons (Fsp3) is 0.500. The summed E-state index contributed by atoms with van der Waals surface area (Å²) < 4.78 is 33.0. The minimum absolute atomic E-state index is 0.112. The molecule has 184 valence electrons. The number of nitrogens with zero attached hydrogens (tertiary/aromatic N) is 3. The van der Waals surface area contributed by atoms with Crippen molar-refractivity contribution in [3.63, 3.8) is 0 Å². The Balaban J connectivity index is 1.33. The average molecular weight is 486 g/mol. The van der Waals surface area contributed by atoms with Gasteiger partial charge in [0.25, 0.3) is 0 Å². The van der Waals surface area contributed by atoms with Crippen LogP contribution in [0.4, 0.5) is 5.69 Å². The molecule has 0 spiro atoms. The van der Waals surface area contributed by atoms with Gasteiger partial charge in [-0.2, -0.15) is 4.31 Å². The van der Waals surface area contributed by atoms with Gasteiger partial charge in [0.1, 0.15) is 5.75 Å². The number of benzene rings is 2. The van der Waals surface area contributed by atoms with Crippen molar-refractivity contribution in [1.29, 1.82) is 0 Å². The molecule has 0 radical (unpaired) electrons. The van der Waals surface area contributed by atoms with Gasteiger partial charge in [0, 0.05) is 50.9 Å². The van der Waals surface area contributed by atoms with Crippen LogP contribution in [0.25, 0.3) is 0 Å². The van der Waals surface area contributed by atoms with Crippen molar-refractivity contribution < 1.29 is 17.9 Å². The molecule has 0 bridgehead atoms. The zero-order valence-corrected chi connectivity index (χ0v) is 21.2. The summed E-state index contributed by atoms with van der Waals surface area (Å²) in [6.07, 6.45) is 2.06. The summed E-state index contributed by atoms with van der Waals surface area (Å²) in [7, 11) is -1.87. The molecule has 2 aliphatic rings. The maximum absolute atomic E-state index is 13.3. The van der Waals surface area contributed by atoms with Crippen molar-refractivity contribution in [1.82, 2.24) is 9.21 Å². The highest BCUT2D eigenvalue weighted by Crippen LogP contribution is 2.27. The van der Waals surface area contributed by atoms with Crippen LogP contribution in [0.1, 0.15) is 30.4 Å². The number of amides is 1. The minimum atomic E-state index is -3.53. The lowest BCUT2D eigenvalue weighted by atomic mass is 9.96. The molecule has 2 aromatic rings. The van der Waals surface area contributed by atoms with Gasteiger partial charge in [-0.25, -0.2) is 8.42 Å². The highest BCUT2D eigenvalue weighted by Gasteiger charge is 2.34. The quantitative estimate of drug-likeness (QED) is 0.649. The molecular formula is C26H35N3O4S. The molecule has 2 aromatic carbocycles. The van der Waals surface area contributed by atoms with Crippen molar-refractivity contribution in [2.24, 2.45) is 5.92 Å². The molecular weight excluding hydrogens is 450 g/mol. The topological polar surface area (TPSA) is 70.2 Å². The van der Waals surface area contributed by atoms with Crippen LogP contribution in [-0.2, 0) is 14.8 Å².